The lowest BCUT2D eigenvalue weighted by molar-refractivity contribution is 0.138. The Kier molecular flexibility index (Phi) is 3.74. The van der Waals surface area contributed by atoms with Gasteiger partial charge >= 0.3 is 0 Å². The van der Waals surface area contributed by atoms with Crippen molar-refractivity contribution in [3.63, 3.8) is 0 Å². The van der Waals surface area contributed by atoms with E-state index in [4.69, 9.17) is 4.74 Å². The standard InChI is InChI=1S/C17H25NO2/c1-12-3-6-16(13(2)9-12)20-15-7-8-17(10-15,11-19)18-14-4-5-14/h3,6,9,14-15,18-19H,4-5,7-8,10-11H2,1-2H3. The zero-order chi connectivity index (χ0) is 14.2. The summed E-state index contributed by atoms with van der Waals surface area (Å²) in [5, 5.41) is 13.4. The van der Waals surface area contributed by atoms with Crippen molar-refractivity contribution >= 4 is 0 Å². The number of nitrogens with one attached hydrogen (secondary N) is 1. The molecule has 20 heavy (non-hydrogen) atoms. The molecule has 0 spiro atoms. The van der Waals surface area contributed by atoms with E-state index in [1.165, 1.54) is 24.0 Å². The van der Waals surface area contributed by atoms with Gasteiger partial charge in [0.05, 0.1) is 6.61 Å². The van der Waals surface area contributed by atoms with Crippen molar-refractivity contribution in [2.75, 3.05) is 6.61 Å². The van der Waals surface area contributed by atoms with Gasteiger partial charge in [0.1, 0.15) is 11.9 Å². The smallest absolute Gasteiger partial charge is 0.122 e. The number of aliphatic hydroxyl groups excluding tert-OH is 1. The highest BCUT2D eigenvalue weighted by molar-refractivity contribution is 5.35. The Morgan fingerprint density at radius 2 is 2.10 bits per heavy atom. The van der Waals surface area contributed by atoms with Crippen LogP contribution in [0, 0.1) is 13.8 Å². The van der Waals surface area contributed by atoms with Crippen molar-refractivity contribution in [2.24, 2.45) is 0 Å². The first-order valence-corrected chi connectivity index (χ1v) is 7.73. The van der Waals surface area contributed by atoms with Crippen LogP contribution < -0.4 is 10.1 Å². The highest BCUT2D eigenvalue weighted by atomic mass is 16.5. The highest BCUT2D eigenvalue weighted by Gasteiger charge is 2.42. The molecule has 3 rings (SSSR count). The third-order valence-corrected chi connectivity index (χ3v) is 4.58. The summed E-state index contributed by atoms with van der Waals surface area (Å²) in [4.78, 5) is 0. The fourth-order valence-electron chi connectivity index (χ4n) is 3.27. The predicted molar refractivity (Wildman–Crippen MR) is 80.2 cm³/mol. The molecule has 0 heterocycles. The first-order valence-electron chi connectivity index (χ1n) is 7.73. The van der Waals surface area contributed by atoms with Gasteiger partial charge in [0.15, 0.2) is 0 Å². The van der Waals surface area contributed by atoms with Crippen LogP contribution in [0.3, 0.4) is 0 Å². The minimum Gasteiger partial charge on any atom is -0.490 e. The third kappa shape index (κ3) is 2.99. The maximum Gasteiger partial charge on any atom is 0.122 e. The topological polar surface area (TPSA) is 41.5 Å². The van der Waals surface area contributed by atoms with E-state index in [0.717, 1.165) is 25.0 Å². The Bertz CT molecular complexity index is 484. The lowest BCUT2D eigenvalue weighted by Crippen LogP contribution is -2.48. The number of hydrogen-bond donors (Lipinski definition) is 2. The zero-order valence-corrected chi connectivity index (χ0v) is 12.5. The molecule has 2 atom stereocenters. The van der Waals surface area contributed by atoms with Crippen molar-refractivity contribution < 1.29 is 9.84 Å². The maximum atomic E-state index is 9.75. The molecule has 0 amide bonds. The van der Waals surface area contributed by atoms with Crippen molar-refractivity contribution in [3.8, 4) is 5.75 Å². The van der Waals surface area contributed by atoms with Gasteiger partial charge in [0.2, 0.25) is 0 Å². The lowest BCUT2D eigenvalue weighted by atomic mass is 9.98. The Labute approximate surface area is 121 Å². The molecule has 2 aliphatic carbocycles. The Balaban J connectivity index is 1.64. The monoisotopic (exact) mass is 275 g/mol. The van der Waals surface area contributed by atoms with Gasteiger partial charge in [-0.1, -0.05) is 17.7 Å². The van der Waals surface area contributed by atoms with Crippen molar-refractivity contribution in [1.29, 1.82) is 0 Å². The van der Waals surface area contributed by atoms with Gasteiger partial charge in [-0.15, -0.1) is 0 Å². The summed E-state index contributed by atoms with van der Waals surface area (Å²) in [6, 6.07) is 6.95. The quantitative estimate of drug-likeness (QED) is 0.868. The molecular formula is C17H25NO2. The molecule has 2 saturated carbocycles. The minimum atomic E-state index is -0.107. The number of hydrogen-bond acceptors (Lipinski definition) is 3. The second-order valence-electron chi connectivity index (χ2n) is 6.61. The normalized spacial score (nSPS) is 29.6. The summed E-state index contributed by atoms with van der Waals surface area (Å²) in [6.07, 6.45) is 5.67. The van der Waals surface area contributed by atoms with E-state index in [2.05, 4.69) is 37.4 Å². The van der Waals surface area contributed by atoms with E-state index in [1.54, 1.807) is 0 Å². The molecule has 0 bridgehead atoms. The second-order valence-corrected chi connectivity index (χ2v) is 6.61. The largest absolute Gasteiger partial charge is 0.490 e. The molecule has 2 unspecified atom stereocenters. The fraction of sp³-hybridized carbons (Fsp3) is 0.647. The highest BCUT2D eigenvalue weighted by Crippen LogP contribution is 2.36. The van der Waals surface area contributed by atoms with E-state index in [-0.39, 0.29) is 18.2 Å². The molecule has 0 aliphatic heterocycles. The van der Waals surface area contributed by atoms with E-state index in [9.17, 15) is 5.11 Å². The van der Waals surface area contributed by atoms with Gasteiger partial charge in [0, 0.05) is 18.0 Å². The lowest BCUT2D eigenvalue weighted by Gasteiger charge is -2.28. The molecule has 0 radical (unpaired) electrons. The van der Waals surface area contributed by atoms with Crippen LogP contribution >= 0.6 is 0 Å². The van der Waals surface area contributed by atoms with Gasteiger partial charge in [0.25, 0.3) is 0 Å². The minimum absolute atomic E-state index is 0.107. The summed E-state index contributed by atoms with van der Waals surface area (Å²) in [5.74, 6) is 0.987. The first kappa shape index (κ1) is 13.9. The van der Waals surface area contributed by atoms with Gasteiger partial charge in [-0.3, -0.25) is 0 Å². The summed E-state index contributed by atoms with van der Waals surface area (Å²) in [5.41, 5.74) is 2.35. The van der Waals surface area contributed by atoms with Gasteiger partial charge < -0.3 is 15.2 Å². The molecule has 2 fully saturated rings. The van der Waals surface area contributed by atoms with Crippen LogP contribution in [0.1, 0.15) is 43.2 Å². The molecule has 0 saturated heterocycles. The van der Waals surface area contributed by atoms with Crippen LogP contribution in [0.15, 0.2) is 18.2 Å². The molecule has 110 valence electrons. The average molecular weight is 275 g/mol. The molecule has 2 aliphatic rings. The SMILES string of the molecule is Cc1ccc(OC2CCC(CO)(NC3CC3)C2)c(C)c1. The third-order valence-electron chi connectivity index (χ3n) is 4.58. The van der Waals surface area contributed by atoms with E-state index < -0.39 is 0 Å². The molecule has 1 aromatic rings. The van der Waals surface area contributed by atoms with Crippen LogP contribution in [0.25, 0.3) is 0 Å². The number of benzene rings is 1. The van der Waals surface area contributed by atoms with Gasteiger partial charge in [-0.05, 0) is 51.2 Å². The number of ether oxygens (including phenoxy) is 1. The molecule has 1 aromatic carbocycles. The Hall–Kier alpha value is -1.06. The Morgan fingerprint density at radius 3 is 2.75 bits per heavy atom. The number of aryl methyl sites for hydroxylation is 2. The van der Waals surface area contributed by atoms with Crippen LogP contribution in [0.5, 0.6) is 5.75 Å². The van der Waals surface area contributed by atoms with E-state index in [0.29, 0.717) is 6.04 Å². The first-order chi connectivity index (χ1) is 9.60. The van der Waals surface area contributed by atoms with Crippen LogP contribution in [-0.4, -0.2) is 29.4 Å². The zero-order valence-electron chi connectivity index (χ0n) is 12.5. The maximum absolute atomic E-state index is 9.75. The van der Waals surface area contributed by atoms with Crippen LogP contribution in [0.2, 0.25) is 0 Å². The Morgan fingerprint density at radius 1 is 1.30 bits per heavy atom. The summed E-state index contributed by atoms with van der Waals surface area (Å²) >= 11 is 0. The van der Waals surface area contributed by atoms with E-state index >= 15 is 0 Å². The predicted octanol–water partition coefficient (Wildman–Crippen LogP) is 2.72. The van der Waals surface area contributed by atoms with E-state index in [1.807, 2.05) is 0 Å². The number of aliphatic hydroxyl groups is 1. The fourth-order valence-corrected chi connectivity index (χ4v) is 3.27. The summed E-state index contributed by atoms with van der Waals surface area (Å²) in [7, 11) is 0. The molecule has 3 nitrogen and oxygen atoms in total. The van der Waals surface area contributed by atoms with Crippen molar-refractivity contribution in [1.82, 2.24) is 5.32 Å². The van der Waals surface area contributed by atoms with Crippen molar-refractivity contribution in [3.05, 3.63) is 29.3 Å². The van der Waals surface area contributed by atoms with Crippen LogP contribution in [-0.2, 0) is 0 Å². The molecule has 3 heteroatoms. The van der Waals surface area contributed by atoms with Gasteiger partial charge in [-0.25, -0.2) is 0 Å². The number of rotatable bonds is 5. The van der Waals surface area contributed by atoms with Gasteiger partial charge in [-0.2, -0.15) is 0 Å². The molecular weight excluding hydrogens is 250 g/mol. The molecule has 2 N–H and O–H groups in total. The average Bonchev–Trinajstić information content (AvgIpc) is 3.13. The van der Waals surface area contributed by atoms with Crippen LogP contribution in [0.4, 0.5) is 0 Å². The van der Waals surface area contributed by atoms with Crippen molar-refractivity contribution in [2.45, 2.75) is 63.6 Å². The summed E-state index contributed by atoms with van der Waals surface area (Å²) in [6.45, 7) is 4.41. The molecule has 0 aromatic heterocycles. The second kappa shape index (κ2) is 5.38. The summed E-state index contributed by atoms with van der Waals surface area (Å²) < 4.78 is 6.17.